The fraction of sp³-hybridized carbons (Fsp3) is 0.385. The molecule has 1 saturated carbocycles. The average Bonchev–Trinajstić information content (AvgIpc) is 3.04. The van der Waals surface area contributed by atoms with Crippen LogP contribution in [0.15, 0.2) is 27.1 Å². The number of para-hydroxylation sites is 1. The van der Waals surface area contributed by atoms with Gasteiger partial charge in [0.05, 0.1) is 11.0 Å². The van der Waals surface area contributed by atoms with E-state index in [2.05, 4.69) is 34.2 Å². The number of hydrogen-bond donors (Lipinski definition) is 1. The van der Waals surface area contributed by atoms with E-state index >= 15 is 0 Å². The van der Waals surface area contributed by atoms with Crippen LogP contribution < -0.4 is 5.32 Å². The molecule has 1 N–H and O–H groups in total. The van der Waals surface area contributed by atoms with Crippen molar-refractivity contribution >= 4 is 26.9 Å². The Balaban J connectivity index is 1.97. The Morgan fingerprint density at radius 1 is 1.44 bits per heavy atom. The molecule has 0 aliphatic heterocycles. The van der Waals surface area contributed by atoms with E-state index in [4.69, 9.17) is 4.42 Å². The quantitative estimate of drug-likeness (QED) is 0.926. The van der Waals surface area contributed by atoms with Gasteiger partial charge in [0.2, 0.25) is 0 Å². The van der Waals surface area contributed by atoms with Crippen LogP contribution in [0, 0.1) is 6.92 Å². The van der Waals surface area contributed by atoms with E-state index in [1.54, 1.807) is 0 Å². The average molecular weight is 280 g/mol. The first-order valence-electron chi connectivity index (χ1n) is 5.65. The van der Waals surface area contributed by atoms with Gasteiger partial charge < -0.3 is 9.73 Å². The molecule has 0 bridgehead atoms. The van der Waals surface area contributed by atoms with Crippen molar-refractivity contribution in [1.29, 1.82) is 0 Å². The highest BCUT2D eigenvalue weighted by Crippen LogP contribution is 2.31. The lowest BCUT2D eigenvalue weighted by molar-refractivity contribution is 0.508. The molecule has 3 rings (SSSR count). The van der Waals surface area contributed by atoms with Crippen LogP contribution >= 0.6 is 15.9 Å². The van der Waals surface area contributed by atoms with Crippen molar-refractivity contribution in [2.75, 3.05) is 0 Å². The number of furan rings is 1. The standard InChI is InChI=1S/C13H14BrNO/c1-8-10-3-2-4-11(14)13(10)16-12(8)7-15-9-5-6-9/h2-4,9,15H,5-7H2,1H3. The summed E-state index contributed by atoms with van der Waals surface area (Å²) in [5, 5.41) is 4.70. The van der Waals surface area contributed by atoms with E-state index in [0.29, 0.717) is 0 Å². The molecule has 0 saturated heterocycles. The van der Waals surface area contributed by atoms with Crippen LogP contribution in [0.5, 0.6) is 0 Å². The van der Waals surface area contributed by atoms with Gasteiger partial charge in [-0.3, -0.25) is 0 Å². The SMILES string of the molecule is Cc1c(CNC2CC2)oc2c(Br)cccc12. The first kappa shape index (κ1) is 10.4. The molecule has 84 valence electrons. The summed E-state index contributed by atoms with van der Waals surface area (Å²) in [6.07, 6.45) is 2.62. The molecule has 0 unspecified atom stereocenters. The summed E-state index contributed by atoms with van der Waals surface area (Å²) in [5.74, 6) is 1.06. The molecular formula is C13H14BrNO. The molecule has 1 aliphatic carbocycles. The van der Waals surface area contributed by atoms with Gasteiger partial charge in [0.25, 0.3) is 0 Å². The summed E-state index contributed by atoms with van der Waals surface area (Å²) in [7, 11) is 0. The second kappa shape index (κ2) is 3.90. The van der Waals surface area contributed by atoms with Gasteiger partial charge in [-0.25, -0.2) is 0 Å². The Bertz CT molecular complexity index is 528. The first-order chi connectivity index (χ1) is 7.75. The smallest absolute Gasteiger partial charge is 0.148 e. The van der Waals surface area contributed by atoms with Gasteiger partial charge in [-0.1, -0.05) is 12.1 Å². The minimum Gasteiger partial charge on any atom is -0.458 e. The number of hydrogen-bond acceptors (Lipinski definition) is 2. The van der Waals surface area contributed by atoms with Crippen LogP contribution in [0.1, 0.15) is 24.2 Å². The van der Waals surface area contributed by atoms with Gasteiger partial charge in [-0.15, -0.1) is 0 Å². The van der Waals surface area contributed by atoms with E-state index in [1.807, 2.05) is 12.1 Å². The highest BCUT2D eigenvalue weighted by molar-refractivity contribution is 9.10. The van der Waals surface area contributed by atoms with Gasteiger partial charge in [-0.2, -0.15) is 0 Å². The number of nitrogens with one attached hydrogen (secondary N) is 1. The fourth-order valence-corrected chi connectivity index (χ4v) is 2.40. The molecule has 1 aliphatic rings. The van der Waals surface area contributed by atoms with Crippen molar-refractivity contribution in [3.8, 4) is 0 Å². The summed E-state index contributed by atoms with van der Waals surface area (Å²) in [5.41, 5.74) is 2.22. The topological polar surface area (TPSA) is 25.2 Å². The van der Waals surface area contributed by atoms with Gasteiger partial charge in [-0.05, 0) is 47.3 Å². The second-order valence-electron chi connectivity index (χ2n) is 4.42. The molecule has 1 aromatic heterocycles. The van der Waals surface area contributed by atoms with Gasteiger partial charge >= 0.3 is 0 Å². The summed E-state index contributed by atoms with van der Waals surface area (Å²) >= 11 is 3.52. The lowest BCUT2D eigenvalue weighted by Crippen LogP contribution is -2.15. The lowest BCUT2D eigenvalue weighted by atomic mass is 10.1. The Hall–Kier alpha value is -0.800. The van der Waals surface area contributed by atoms with Crippen molar-refractivity contribution in [3.05, 3.63) is 34.0 Å². The Labute approximate surface area is 103 Å². The van der Waals surface area contributed by atoms with Gasteiger partial charge in [0, 0.05) is 11.4 Å². The third kappa shape index (κ3) is 1.78. The second-order valence-corrected chi connectivity index (χ2v) is 5.28. The molecule has 1 aromatic carbocycles. The van der Waals surface area contributed by atoms with Crippen molar-refractivity contribution in [1.82, 2.24) is 5.32 Å². The number of rotatable bonds is 3. The van der Waals surface area contributed by atoms with E-state index in [1.165, 1.54) is 23.8 Å². The Morgan fingerprint density at radius 3 is 2.94 bits per heavy atom. The molecule has 16 heavy (non-hydrogen) atoms. The molecule has 2 nitrogen and oxygen atoms in total. The molecule has 2 aromatic rings. The van der Waals surface area contributed by atoms with Crippen LogP contribution in [0.2, 0.25) is 0 Å². The largest absolute Gasteiger partial charge is 0.458 e. The summed E-state index contributed by atoms with van der Waals surface area (Å²) in [6, 6.07) is 6.90. The van der Waals surface area contributed by atoms with Crippen molar-refractivity contribution in [3.63, 3.8) is 0 Å². The zero-order valence-corrected chi connectivity index (χ0v) is 10.8. The third-order valence-corrected chi connectivity index (χ3v) is 3.77. The zero-order chi connectivity index (χ0) is 11.1. The van der Waals surface area contributed by atoms with Crippen LogP contribution in [-0.4, -0.2) is 6.04 Å². The number of halogens is 1. The number of benzene rings is 1. The van der Waals surface area contributed by atoms with Gasteiger partial charge in [0.15, 0.2) is 0 Å². The normalized spacial score (nSPS) is 15.9. The maximum atomic E-state index is 5.90. The lowest BCUT2D eigenvalue weighted by Gasteiger charge is -1.99. The van der Waals surface area contributed by atoms with Gasteiger partial charge in [0.1, 0.15) is 11.3 Å². The molecule has 0 amide bonds. The third-order valence-electron chi connectivity index (χ3n) is 3.14. The number of aryl methyl sites for hydroxylation is 1. The maximum absolute atomic E-state index is 5.90. The predicted molar refractivity (Wildman–Crippen MR) is 68.5 cm³/mol. The van der Waals surface area contributed by atoms with E-state index in [-0.39, 0.29) is 0 Å². The van der Waals surface area contributed by atoms with E-state index in [0.717, 1.165) is 28.4 Å². The molecule has 0 spiro atoms. The Morgan fingerprint density at radius 2 is 2.25 bits per heavy atom. The van der Waals surface area contributed by atoms with Crippen molar-refractivity contribution in [2.45, 2.75) is 32.4 Å². The summed E-state index contributed by atoms with van der Waals surface area (Å²) in [6.45, 7) is 2.97. The van der Waals surface area contributed by atoms with E-state index in [9.17, 15) is 0 Å². The van der Waals surface area contributed by atoms with Crippen LogP contribution in [0.4, 0.5) is 0 Å². The predicted octanol–water partition coefficient (Wildman–Crippen LogP) is 3.76. The minimum absolute atomic E-state index is 0.719. The highest BCUT2D eigenvalue weighted by atomic mass is 79.9. The molecule has 3 heteroatoms. The highest BCUT2D eigenvalue weighted by Gasteiger charge is 2.21. The molecule has 0 radical (unpaired) electrons. The zero-order valence-electron chi connectivity index (χ0n) is 9.22. The van der Waals surface area contributed by atoms with E-state index < -0.39 is 0 Å². The first-order valence-corrected chi connectivity index (χ1v) is 6.45. The maximum Gasteiger partial charge on any atom is 0.148 e. The molecule has 0 atom stereocenters. The van der Waals surface area contributed by atoms with Crippen LogP contribution in [-0.2, 0) is 6.54 Å². The van der Waals surface area contributed by atoms with Crippen molar-refractivity contribution < 1.29 is 4.42 Å². The fourth-order valence-electron chi connectivity index (χ4n) is 1.95. The minimum atomic E-state index is 0.719. The van der Waals surface area contributed by atoms with Crippen LogP contribution in [0.3, 0.4) is 0 Å². The summed E-state index contributed by atoms with van der Waals surface area (Å²) in [4.78, 5) is 0. The molecule has 1 heterocycles. The molecule has 1 fully saturated rings. The molecular weight excluding hydrogens is 266 g/mol. The number of fused-ring (bicyclic) bond motifs is 1. The Kier molecular flexibility index (Phi) is 2.52. The van der Waals surface area contributed by atoms with Crippen LogP contribution in [0.25, 0.3) is 11.0 Å². The van der Waals surface area contributed by atoms with Crippen molar-refractivity contribution in [2.24, 2.45) is 0 Å². The monoisotopic (exact) mass is 279 g/mol. The summed E-state index contributed by atoms with van der Waals surface area (Å²) < 4.78 is 6.93.